The van der Waals surface area contributed by atoms with Crippen molar-refractivity contribution in [3.8, 4) is 0 Å². The number of carbonyl (C=O) groups excluding carboxylic acids is 1. The van der Waals surface area contributed by atoms with E-state index in [0.717, 1.165) is 35.5 Å². The van der Waals surface area contributed by atoms with Gasteiger partial charge in [-0.15, -0.1) is 11.8 Å². The summed E-state index contributed by atoms with van der Waals surface area (Å²) in [4.78, 5) is 12.6. The Balaban J connectivity index is 2.39. The van der Waals surface area contributed by atoms with Crippen LogP contribution in [-0.2, 0) is 6.54 Å². The Morgan fingerprint density at radius 3 is 2.55 bits per heavy atom. The lowest BCUT2D eigenvalue weighted by Crippen LogP contribution is -2.05. The van der Waals surface area contributed by atoms with Crippen LogP contribution in [0.4, 0.5) is 0 Å². The van der Waals surface area contributed by atoms with Gasteiger partial charge in [0.25, 0.3) is 0 Å². The Morgan fingerprint density at radius 2 is 1.95 bits per heavy atom. The molecule has 1 aromatic heterocycles. The lowest BCUT2D eigenvalue weighted by Gasteiger charge is -2.10. The number of nitrogens with zero attached hydrogens (tertiary/aromatic N) is 1. The molecule has 0 N–H and O–H groups in total. The van der Waals surface area contributed by atoms with Gasteiger partial charge in [0.2, 0.25) is 0 Å². The van der Waals surface area contributed by atoms with Crippen LogP contribution in [0.5, 0.6) is 0 Å². The summed E-state index contributed by atoms with van der Waals surface area (Å²) in [5.41, 5.74) is 2.76. The number of thioether (sulfide) groups is 1. The molecule has 0 fully saturated rings. The normalized spacial score (nSPS) is 10.8. The number of aromatic nitrogens is 1. The largest absolute Gasteiger partial charge is 0.340 e. The van der Waals surface area contributed by atoms with Gasteiger partial charge in [-0.1, -0.05) is 43.7 Å². The van der Waals surface area contributed by atoms with Gasteiger partial charge in [-0.05, 0) is 25.7 Å². The number of unbranched alkanes of at least 4 members (excludes halogenated alkanes) is 1. The van der Waals surface area contributed by atoms with Crippen molar-refractivity contribution in [3.05, 3.63) is 53.2 Å². The minimum absolute atomic E-state index is 0.119. The molecule has 0 aliphatic carbocycles. The summed E-state index contributed by atoms with van der Waals surface area (Å²) in [6.45, 7) is 5.26. The molecule has 0 bridgehead atoms. The number of carbonyl (C=O) groups is 1. The van der Waals surface area contributed by atoms with Crippen LogP contribution in [0.3, 0.4) is 0 Å². The molecular weight excluding hydrogens is 266 g/mol. The first-order valence-corrected chi connectivity index (χ1v) is 8.25. The molecule has 1 heterocycles. The maximum Gasteiger partial charge on any atom is 0.195 e. The molecule has 106 valence electrons. The smallest absolute Gasteiger partial charge is 0.195 e. The average Bonchev–Trinajstić information content (AvgIpc) is 2.81. The molecule has 2 aromatic rings. The first kappa shape index (κ1) is 14.9. The highest BCUT2D eigenvalue weighted by atomic mass is 32.2. The van der Waals surface area contributed by atoms with Crippen LogP contribution in [0.15, 0.2) is 41.4 Å². The van der Waals surface area contributed by atoms with Crippen LogP contribution in [0.1, 0.15) is 41.4 Å². The Hall–Kier alpha value is -1.48. The molecule has 20 heavy (non-hydrogen) atoms. The second-order valence-corrected chi connectivity index (χ2v) is 5.70. The summed E-state index contributed by atoms with van der Waals surface area (Å²) in [6, 6.07) is 11.5. The number of benzene rings is 1. The van der Waals surface area contributed by atoms with Gasteiger partial charge in [-0.2, -0.15) is 0 Å². The SMILES string of the molecule is CCCCn1c(C)cc(C(=O)c2ccccc2)c1SC. The van der Waals surface area contributed by atoms with Gasteiger partial charge in [-0.3, -0.25) is 4.79 Å². The van der Waals surface area contributed by atoms with E-state index < -0.39 is 0 Å². The summed E-state index contributed by atoms with van der Waals surface area (Å²) < 4.78 is 2.27. The highest BCUT2D eigenvalue weighted by Crippen LogP contribution is 2.27. The third-order valence-corrected chi connectivity index (χ3v) is 4.29. The van der Waals surface area contributed by atoms with Gasteiger partial charge in [0.1, 0.15) is 0 Å². The summed E-state index contributed by atoms with van der Waals surface area (Å²) in [5, 5.41) is 1.09. The van der Waals surface area contributed by atoms with E-state index >= 15 is 0 Å². The molecule has 2 nitrogen and oxygen atoms in total. The summed E-state index contributed by atoms with van der Waals surface area (Å²) in [5.74, 6) is 0.119. The van der Waals surface area contributed by atoms with Crippen molar-refractivity contribution in [2.75, 3.05) is 6.26 Å². The molecule has 0 unspecified atom stereocenters. The average molecular weight is 287 g/mol. The Morgan fingerprint density at radius 1 is 1.25 bits per heavy atom. The summed E-state index contributed by atoms with van der Waals surface area (Å²) in [7, 11) is 0. The molecule has 0 aliphatic rings. The molecule has 0 saturated heterocycles. The van der Waals surface area contributed by atoms with Gasteiger partial charge < -0.3 is 4.57 Å². The number of ketones is 1. The van der Waals surface area contributed by atoms with Gasteiger partial charge in [0.15, 0.2) is 5.78 Å². The Labute approximate surface area is 125 Å². The van der Waals surface area contributed by atoms with Crippen LogP contribution >= 0.6 is 11.8 Å². The summed E-state index contributed by atoms with van der Waals surface area (Å²) >= 11 is 1.66. The third-order valence-electron chi connectivity index (χ3n) is 3.46. The van der Waals surface area contributed by atoms with E-state index in [1.54, 1.807) is 11.8 Å². The van der Waals surface area contributed by atoms with E-state index in [1.165, 1.54) is 5.69 Å². The van der Waals surface area contributed by atoms with Gasteiger partial charge in [-0.25, -0.2) is 0 Å². The zero-order valence-corrected chi connectivity index (χ0v) is 13.2. The van der Waals surface area contributed by atoms with Crippen molar-refractivity contribution >= 4 is 17.5 Å². The van der Waals surface area contributed by atoms with Gasteiger partial charge in [0, 0.05) is 17.8 Å². The predicted octanol–water partition coefficient (Wildman–Crippen LogP) is 4.55. The molecular formula is C17H21NOS. The molecule has 0 amide bonds. The number of hydrogen-bond donors (Lipinski definition) is 0. The van der Waals surface area contributed by atoms with E-state index in [2.05, 4.69) is 18.4 Å². The van der Waals surface area contributed by atoms with E-state index in [0.29, 0.717) is 0 Å². The quantitative estimate of drug-likeness (QED) is 0.574. The monoisotopic (exact) mass is 287 g/mol. The van der Waals surface area contributed by atoms with Crippen molar-refractivity contribution in [2.24, 2.45) is 0 Å². The van der Waals surface area contributed by atoms with E-state index in [9.17, 15) is 4.79 Å². The van der Waals surface area contributed by atoms with Crippen LogP contribution < -0.4 is 0 Å². The first-order valence-electron chi connectivity index (χ1n) is 7.03. The maximum atomic E-state index is 12.6. The van der Waals surface area contributed by atoms with Crippen molar-refractivity contribution in [2.45, 2.75) is 38.3 Å². The number of hydrogen-bond acceptors (Lipinski definition) is 2. The number of aryl methyl sites for hydroxylation is 1. The molecule has 2 rings (SSSR count). The van der Waals surface area contributed by atoms with Crippen LogP contribution in [-0.4, -0.2) is 16.6 Å². The zero-order chi connectivity index (χ0) is 14.5. The maximum absolute atomic E-state index is 12.6. The van der Waals surface area contributed by atoms with Crippen molar-refractivity contribution in [1.29, 1.82) is 0 Å². The fourth-order valence-electron chi connectivity index (χ4n) is 2.38. The van der Waals surface area contributed by atoms with Crippen molar-refractivity contribution in [1.82, 2.24) is 4.57 Å². The molecule has 0 radical (unpaired) electrons. The van der Waals surface area contributed by atoms with Crippen LogP contribution in [0.2, 0.25) is 0 Å². The van der Waals surface area contributed by atoms with E-state index in [4.69, 9.17) is 0 Å². The van der Waals surface area contributed by atoms with Gasteiger partial charge in [0.05, 0.1) is 10.6 Å². The molecule has 0 spiro atoms. The highest BCUT2D eigenvalue weighted by molar-refractivity contribution is 7.98. The third kappa shape index (κ3) is 2.98. The van der Waals surface area contributed by atoms with Gasteiger partial charge >= 0.3 is 0 Å². The fourth-order valence-corrected chi connectivity index (χ4v) is 3.20. The molecule has 3 heteroatoms. The van der Waals surface area contributed by atoms with Crippen LogP contribution in [0.25, 0.3) is 0 Å². The second kappa shape index (κ2) is 6.80. The zero-order valence-electron chi connectivity index (χ0n) is 12.3. The lowest BCUT2D eigenvalue weighted by atomic mass is 10.1. The van der Waals surface area contributed by atoms with Crippen LogP contribution in [0, 0.1) is 6.92 Å². The fraction of sp³-hybridized carbons (Fsp3) is 0.353. The molecule has 1 aromatic carbocycles. The summed E-state index contributed by atoms with van der Waals surface area (Å²) in [6.07, 6.45) is 4.34. The Kier molecular flexibility index (Phi) is 5.07. The van der Waals surface area contributed by atoms with Crippen molar-refractivity contribution < 1.29 is 4.79 Å². The molecule has 0 atom stereocenters. The minimum atomic E-state index is 0.119. The lowest BCUT2D eigenvalue weighted by molar-refractivity contribution is 0.103. The first-order chi connectivity index (χ1) is 9.69. The molecule has 0 saturated carbocycles. The van der Waals surface area contributed by atoms with E-state index in [1.807, 2.05) is 42.7 Å². The second-order valence-electron chi connectivity index (χ2n) is 4.91. The predicted molar refractivity (Wildman–Crippen MR) is 85.7 cm³/mol. The molecule has 0 aliphatic heterocycles. The van der Waals surface area contributed by atoms with E-state index in [-0.39, 0.29) is 5.78 Å². The minimum Gasteiger partial charge on any atom is -0.340 e. The van der Waals surface area contributed by atoms with Crippen molar-refractivity contribution in [3.63, 3.8) is 0 Å². The number of rotatable bonds is 6. The highest BCUT2D eigenvalue weighted by Gasteiger charge is 2.19. The Bertz CT molecular complexity index is 587. The standard InChI is InChI=1S/C17H21NOS/c1-4-5-11-18-13(2)12-15(17(18)20-3)16(19)14-9-7-6-8-10-14/h6-10,12H,4-5,11H2,1-3H3. The topological polar surface area (TPSA) is 22.0 Å².